The normalized spacial score (nSPS) is 13.7. The highest BCUT2D eigenvalue weighted by Gasteiger charge is 2.17. The van der Waals surface area contributed by atoms with E-state index in [1.54, 1.807) is 24.4 Å². The molecule has 1 saturated heterocycles. The average molecular weight is 441 g/mol. The first-order chi connectivity index (χ1) is 15.6. The van der Waals surface area contributed by atoms with Crippen LogP contribution in [0.25, 0.3) is 5.69 Å². The molecule has 0 spiro atoms. The quantitative estimate of drug-likeness (QED) is 0.388. The first-order valence-corrected chi connectivity index (χ1v) is 11.2. The van der Waals surface area contributed by atoms with E-state index in [1.807, 2.05) is 13.0 Å². The molecular weight excluding hydrogens is 408 g/mol. The van der Waals surface area contributed by atoms with E-state index >= 15 is 0 Å². The van der Waals surface area contributed by atoms with E-state index in [2.05, 4.69) is 32.4 Å². The Morgan fingerprint density at radius 1 is 1.22 bits per heavy atom. The molecule has 0 aliphatic carbocycles. The van der Waals surface area contributed by atoms with Crippen LogP contribution in [-0.2, 0) is 0 Å². The second kappa shape index (κ2) is 12.0. The van der Waals surface area contributed by atoms with Crippen molar-refractivity contribution >= 4 is 11.8 Å². The molecule has 2 amide bonds. The van der Waals surface area contributed by atoms with Gasteiger partial charge in [0.05, 0.1) is 12.8 Å². The number of hydrogen-bond donors (Lipinski definition) is 2. The van der Waals surface area contributed by atoms with Crippen LogP contribution in [0.5, 0.6) is 5.75 Å². The minimum Gasteiger partial charge on any atom is -0.491 e. The van der Waals surface area contributed by atoms with Crippen molar-refractivity contribution in [1.29, 1.82) is 0 Å². The minimum absolute atomic E-state index is 0.174. The Morgan fingerprint density at radius 2 is 2.03 bits per heavy atom. The third-order valence-electron chi connectivity index (χ3n) is 5.25. The SMILES string of the molecule is C=CCCCOc1cc(C(=O)NCC)ccc1-n1cc(C(=O)NCCN2CCCC2)nn1. The van der Waals surface area contributed by atoms with Gasteiger partial charge in [-0.25, -0.2) is 4.68 Å². The van der Waals surface area contributed by atoms with E-state index in [4.69, 9.17) is 4.74 Å². The van der Waals surface area contributed by atoms with Crippen LogP contribution in [0.15, 0.2) is 37.1 Å². The van der Waals surface area contributed by atoms with E-state index in [1.165, 1.54) is 17.5 Å². The molecule has 1 aliphatic rings. The number of nitrogens with one attached hydrogen (secondary N) is 2. The Balaban J connectivity index is 1.70. The van der Waals surface area contributed by atoms with Crippen LogP contribution in [0, 0.1) is 0 Å². The highest BCUT2D eigenvalue weighted by atomic mass is 16.5. The molecule has 0 radical (unpaired) electrons. The predicted octanol–water partition coefficient (Wildman–Crippen LogP) is 2.19. The lowest BCUT2D eigenvalue weighted by Gasteiger charge is -2.14. The van der Waals surface area contributed by atoms with Crippen LogP contribution >= 0.6 is 0 Å². The second-order valence-electron chi connectivity index (χ2n) is 7.67. The Labute approximate surface area is 188 Å². The van der Waals surface area contributed by atoms with Crippen molar-refractivity contribution in [2.24, 2.45) is 0 Å². The number of nitrogens with zero attached hydrogens (tertiary/aromatic N) is 4. The lowest BCUT2D eigenvalue weighted by Crippen LogP contribution is -2.33. The fourth-order valence-electron chi connectivity index (χ4n) is 3.54. The van der Waals surface area contributed by atoms with E-state index in [9.17, 15) is 9.59 Å². The standard InChI is InChI=1S/C23H32N6O3/c1-3-5-8-15-32-21-16-18(22(30)24-4-2)9-10-20(21)29-17-19(26-27-29)23(31)25-11-14-28-12-6-7-13-28/h3,9-10,16-17H,1,4-8,11-15H2,2H3,(H,24,30)(H,25,31). The molecule has 0 atom stereocenters. The van der Waals surface area contributed by atoms with Gasteiger partial charge < -0.3 is 20.3 Å². The lowest BCUT2D eigenvalue weighted by molar-refractivity contribution is 0.0940. The first-order valence-electron chi connectivity index (χ1n) is 11.2. The molecule has 9 heteroatoms. The molecule has 1 aromatic carbocycles. The van der Waals surface area contributed by atoms with E-state index < -0.39 is 0 Å². The zero-order valence-corrected chi connectivity index (χ0v) is 18.7. The molecule has 3 rings (SSSR count). The Hall–Kier alpha value is -3.20. The summed E-state index contributed by atoms with van der Waals surface area (Å²) in [6, 6.07) is 5.14. The molecule has 172 valence electrons. The van der Waals surface area contributed by atoms with Crippen LogP contribution in [0.1, 0.15) is 53.5 Å². The van der Waals surface area contributed by atoms with Gasteiger partial charge in [-0.15, -0.1) is 11.7 Å². The number of amides is 2. The molecule has 2 heterocycles. The minimum atomic E-state index is -0.261. The number of carbonyl (C=O) groups excluding carboxylic acids is 2. The number of unbranched alkanes of at least 4 members (excludes halogenated alkanes) is 1. The maximum absolute atomic E-state index is 12.5. The number of ether oxygens (including phenoxy) is 1. The summed E-state index contributed by atoms with van der Waals surface area (Å²) in [6.45, 7) is 10.2. The monoisotopic (exact) mass is 440 g/mol. The van der Waals surface area contributed by atoms with Crippen LogP contribution in [0.4, 0.5) is 0 Å². The van der Waals surface area contributed by atoms with Crippen LogP contribution in [0.2, 0.25) is 0 Å². The van der Waals surface area contributed by atoms with Gasteiger partial charge in [-0.3, -0.25) is 9.59 Å². The molecule has 2 N–H and O–H groups in total. The van der Waals surface area contributed by atoms with Gasteiger partial charge in [0.2, 0.25) is 0 Å². The number of hydrogen-bond acceptors (Lipinski definition) is 6. The van der Waals surface area contributed by atoms with Crippen molar-refractivity contribution < 1.29 is 14.3 Å². The summed E-state index contributed by atoms with van der Waals surface area (Å²) in [4.78, 5) is 27.0. The Morgan fingerprint density at radius 3 is 2.78 bits per heavy atom. The summed E-state index contributed by atoms with van der Waals surface area (Å²) < 4.78 is 7.43. The van der Waals surface area contributed by atoms with Crippen LogP contribution in [-0.4, -0.2) is 71.0 Å². The zero-order valence-electron chi connectivity index (χ0n) is 18.7. The number of likely N-dealkylation sites (tertiary alicyclic amines) is 1. The van der Waals surface area contributed by atoms with Crippen LogP contribution in [0.3, 0.4) is 0 Å². The summed E-state index contributed by atoms with van der Waals surface area (Å²) in [5, 5.41) is 13.8. The average Bonchev–Trinajstić information content (AvgIpc) is 3.49. The number of rotatable bonds is 12. The Kier molecular flexibility index (Phi) is 8.79. The molecule has 1 aromatic heterocycles. The largest absolute Gasteiger partial charge is 0.491 e. The summed E-state index contributed by atoms with van der Waals surface area (Å²) in [6.07, 6.45) is 7.48. The van der Waals surface area contributed by atoms with Crippen molar-refractivity contribution in [3.63, 3.8) is 0 Å². The molecular formula is C23H32N6O3. The van der Waals surface area contributed by atoms with Gasteiger partial charge in [-0.1, -0.05) is 11.3 Å². The van der Waals surface area contributed by atoms with E-state index in [0.29, 0.717) is 36.7 Å². The number of aromatic nitrogens is 3. The highest BCUT2D eigenvalue weighted by Crippen LogP contribution is 2.25. The number of benzene rings is 1. The van der Waals surface area contributed by atoms with E-state index in [-0.39, 0.29) is 17.5 Å². The van der Waals surface area contributed by atoms with Crippen molar-refractivity contribution in [3.8, 4) is 11.4 Å². The predicted molar refractivity (Wildman–Crippen MR) is 122 cm³/mol. The zero-order chi connectivity index (χ0) is 22.8. The van der Waals surface area contributed by atoms with Gasteiger partial charge >= 0.3 is 0 Å². The van der Waals surface area contributed by atoms with Gasteiger partial charge in [-0.2, -0.15) is 0 Å². The second-order valence-corrected chi connectivity index (χ2v) is 7.67. The highest BCUT2D eigenvalue weighted by molar-refractivity contribution is 5.95. The smallest absolute Gasteiger partial charge is 0.273 e. The van der Waals surface area contributed by atoms with Gasteiger partial charge in [0.15, 0.2) is 5.69 Å². The molecule has 9 nitrogen and oxygen atoms in total. The first kappa shape index (κ1) is 23.5. The van der Waals surface area contributed by atoms with Crippen LogP contribution < -0.4 is 15.4 Å². The molecule has 0 unspecified atom stereocenters. The molecule has 1 aliphatic heterocycles. The van der Waals surface area contributed by atoms with Gasteiger partial charge in [-0.05, 0) is 63.9 Å². The molecule has 0 bridgehead atoms. The van der Waals surface area contributed by atoms with Gasteiger partial charge in [0.25, 0.3) is 11.8 Å². The fourth-order valence-corrected chi connectivity index (χ4v) is 3.54. The van der Waals surface area contributed by atoms with Crippen molar-refractivity contribution in [3.05, 3.63) is 48.3 Å². The number of allylic oxidation sites excluding steroid dienone is 1. The summed E-state index contributed by atoms with van der Waals surface area (Å²) >= 11 is 0. The van der Waals surface area contributed by atoms with E-state index in [0.717, 1.165) is 32.5 Å². The summed E-state index contributed by atoms with van der Waals surface area (Å²) in [7, 11) is 0. The maximum atomic E-state index is 12.5. The third-order valence-corrected chi connectivity index (χ3v) is 5.25. The third kappa shape index (κ3) is 6.40. The molecule has 2 aromatic rings. The summed E-state index contributed by atoms with van der Waals surface area (Å²) in [5.41, 5.74) is 1.34. The Bertz CT molecular complexity index is 920. The number of carbonyl (C=O) groups is 2. The fraction of sp³-hybridized carbons (Fsp3) is 0.478. The molecule has 1 fully saturated rings. The maximum Gasteiger partial charge on any atom is 0.273 e. The van der Waals surface area contributed by atoms with Crippen molar-refractivity contribution in [2.75, 3.05) is 39.3 Å². The van der Waals surface area contributed by atoms with Crippen molar-refractivity contribution in [2.45, 2.75) is 32.6 Å². The van der Waals surface area contributed by atoms with Crippen molar-refractivity contribution in [1.82, 2.24) is 30.5 Å². The molecule has 0 saturated carbocycles. The van der Waals surface area contributed by atoms with Gasteiger partial charge in [0, 0.05) is 25.2 Å². The van der Waals surface area contributed by atoms with Gasteiger partial charge in [0.1, 0.15) is 11.4 Å². The summed E-state index contributed by atoms with van der Waals surface area (Å²) in [5.74, 6) is 0.0678. The molecule has 32 heavy (non-hydrogen) atoms. The topological polar surface area (TPSA) is 101 Å². The lowest BCUT2D eigenvalue weighted by atomic mass is 10.1.